The summed E-state index contributed by atoms with van der Waals surface area (Å²) >= 11 is 2.85. The van der Waals surface area contributed by atoms with Crippen molar-refractivity contribution in [3.63, 3.8) is 0 Å². The maximum atomic E-state index is 2.60. The number of hydrogen-bond acceptors (Lipinski definition) is 2. The quantitative estimate of drug-likeness (QED) is 0.129. The van der Waals surface area contributed by atoms with Crippen molar-refractivity contribution in [1.82, 2.24) is 0 Å². The van der Waals surface area contributed by atoms with Crippen molar-refractivity contribution in [1.29, 1.82) is 0 Å². The second kappa shape index (κ2) is 17.8. The van der Waals surface area contributed by atoms with Gasteiger partial charge in [0.05, 0.1) is 0 Å². The molecule has 5 heteroatoms. The van der Waals surface area contributed by atoms with E-state index in [0.717, 1.165) is 12.8 Å². The Bertz CT molecular complexity index is 2220. The summed E-state index contributed by atoms with van der Waals surface area (Å²) in [5.41, 5.74) is 17.5. The summed E-state index contributed by atoms with van der Waals surface area (Å²) in [4.78, 5) is 5.95. The molecule has 0 aliphatic heterocycles. The normalized spacial score (nSPS) is 15.9. The van der Waals surface area contributed by atoms with Crippen molar-refractivity contribution in [2.24, 2.45) is 0 Å². The third kappa shape index (κ3) is 8.91. The molecule has 0 amide bonds. The number of thiophene rings is 2. The Morgan fingerprint density at radius 2 is 0.877 bits per heavy atom. The molecule has 2 aromatic heterocycles. The van der Waals surface area contributed by atoms with E-state index >= 15 is 0 Å². The summed E-state index contributed by atoms with van der Waals surface area (Å²) in [5.74, 6) is 0. The van der Waals surface area contributed by atoms with Gasteiger partial charge in [-0.1, -0.05) is 0 Å². The molecule has 57 heavy (non-hydrogen) atoms. The van der Waals surface area contributed by atoms with Crippen molar-refractivity contribution in [3.05, 3.63) is 162 Å². The molecule has 0 radical (unpaired) electrons. The van der Waals surface area contributed by atoms with Crippen molar-refractivity contribution in [3.8, 4) is 22.3 Å². The van der Waals surface area contributed by atoms with Crippen molar-refractivity contribution < 1.29 is 48.0 Å². The van der Waals surface area contributed by atoms with Gasteiger partial charge in [0.1, 0.15) is 0 Å². The summed E-state index contributed by atoms with van der Waals surface area (Å²) < 4.78 is 0.925. The molecule has 6 aromatic rings. The average molecular weight is 905 g/mol. The molecule has 4 aromatic carbocycles. The smallest absolute Gasteiger partial charge is 1.00 e. The van der Waals surface area contributed by atoms with Gasteiger partial charge in [0.15, 0.2) is 0 Å². The zero-order valence-corrected chi connectivity index (χ0v) is 40.2. The number of hydrogen-bond donors (Lipinski definition) is 0. The molecule has 2 aliphatic rings. The van der Waals surface area contributed by atoms with Crippen LogP contribution in [0.2, 0.25) is 0 Å². The van der Waals surface area contributed by atoms with Crippen LogP contribution >= 0.6 is 22.7 Å². The molecule has 0 saturated heterocycles. The summed E-state index contributed by atoms with van der Waals surface area (Å²) in [7, 11) is 0. The molecular weight excluding hydrogens is 851 g/mol. The number of halogens is 2. The van der Waals surface area contributed by atoms with E-state index in [1.807, 2.05) is 22.7 Å². The van der Waals surface area contributed by atoms with Gasteiger partial charge in [-0.05, 0) is 0 Å². The van der Waals surface area contributed by atoms with Crippen molar-refractivity contribution in [2.75, 3.05) is 0 Å². The van der Waals surface area contributed by atoms with Crippen LogP contribution in [0.15, 0.2) is 109 Å². The van der Waals surface area contributed by atoms with Gasteiger partial charge in [0.2, 0.25) is 0 Å². The minimum Gasteiger partial charge on any atom is -1.00 e. The van der Waals surface area contributed by atoms with Crippen LogP contribution in [0.4, 0.5) is 0 Å². The van der Waals surface area contributed by atoms with Crippen molar-refractivity contribution >= 4 is 46.0 Å². The van der Waals surface area contributed by atoms with Crippen LogP contribution in [0, 0.1) is 0 Å². The van der Waals surface area contributed by atoms with Gasteiger partial charge in [0, 0.05) is 0 Å². The van der Waals surface area contributed by atoms with Gasteiger partial charge < -0.3 is 24.8 Å². The number of benzene rings is 4. The van der Waals surface area contributed by atoms with Crippen LogP contribution in [0.5, 0.6) is 0 Å². The average Bonchev–Trinajstić information content (AvgIpc) is 3.97. The van der Waals surface area contributed by atoms with Crippen LogP contribution < -0.4 is 24.8 Å². The Labute approximate surface area is 374 Å². The summed E-state index contributed by atoms with van der Waals surface area (Å²) in [5, 5.41) is 0. The molecule has 8 rings (SSSR count). The Morgan fingerprint density at radius 3 is 1.23 bits per heavy atom. The van der Waals surface area contributed by atoms with Crippen LogP contribution in [-0.2, 0) is 46.9 Å². The minimum atomic E-state index is -1.22. The zero-order valence-electron chi connectivity index (χ0n) is 34.6. The number of fused-ring (bicyclic) bond motifs is 2. The maximum absolute atomic E-state index is 2.60. The maximum Gasteiger partial charge on any atom is -1.00 e. The van der Waals surface area contributed by atoms with Gasteiger partial charge in [-0.25, -0.2) is 0 Å². The molecule has 292 valence electrons. The van der Waals surface area contributed by atoms with E-state index in [9.17, 15) is 0 Å². The Balaban J connectivity index is 0.00000275. The van der Waals surface area contributed by atoms with E-state index in [2.05, 4.69) is 177 Å². The topological polar surface area (TPSA) is 0 Å². The molecule has 2 atom stereocenters. The monoisotopic (exact) mass is 902 g/mol. The van der Waals surface area contributed by atoms with E-state index in [4.69, 9.17) is 0 Å². The fourth-order valence-electron chi connectivity index (χ4n) is 8.39. The van der Waals surface area contributed by atoms with E-state index in [-0.39, 0.29) is 35.6 Å². The summed E-state index contributed by atoms with van der Waals surface area (Å²) in [6, 6.07) is 42.8. The van der Waals surface area contributed by atoms with Crippen LogP contribution in [0.1, 0.15) is 128 Å². The van der Waals surface area contributed by atoms with Gasteiger partial charge in [0.25, 0.3) is 0 Å². The molecule has 0 fully saturated rings. The first-order valence-corrected chi connectivity index (χ1v) is 24.7. The molecule has 0 saturated carbocycles. The predicted molar refractivity (Wildman–Crippen MR) is 239 cm³/mol. The molecule has 0 spiro atoms. The Hall–Kier alpha value is -2.78. The first kappa shape index (κ1) is 43.8. The number of allylic oxidation sites excluding steroid dienone is 2. The van der Waals surface area contributed by atoms with Crippen LogP contribution in [0.3, 0.4) is 0 Å². The third-order valence-corrected chi connectivity index (χ3v) is 18.6. The fourth-order valence-corrected chi connectivity index (χ4v) is 16.2. The second-order valence-electron chi connectivity index (χ2n) is 17.5. The minimum absolute atomic E-state index is 0. The summed E-state index contributed by atoms with van der Waals surface area (Å²) in [6.07, 6.45) is 9.88. The molecule has 0 N–H and O–H groups in total. The second-order valence-corrected chi connectivity index (χ2v) is 23.5. The molecule has 0 bridgehead atoms. The van der Waals surface area contributed by atoms with Gasteiger partial charge >= 0.3 is 353 Å². The largest absolute Gasteiger partial charge is 1.00 e. The van der Waals surface area contributed by atoms with Crippen molar-refractivity contribution in [2.45, 2.75) is 99.2 Å². The zero-order chi connectivity index (χ0) is 38.5. The molecule has 2 unspecified atom stereocenters. The van der Waals surface area contributed by atoms with Gasteiger partial charge in [-0.2, -0.15) is 0 Å². The fraction of sp³-hybridized carbons (Fsp3) is 0.308. The van der Waals surface area contributed by atoms with E-state index in [0.29, 0.717) is 7.25 Å². The van der Waals surface area contributed by atoms with Crippen LogP contribution in [-0.4, -0.2) is 0 Å². The SMILES string of the molecule is CCCc1ccc(C2=Cc3c(-c4ccc(C(C)(C)C)cc4)cccc3[CH]2[Zr+2][CH]2C(c3ccc(CCC)s3)=Cc3c(-c4ccc(C(C)(C)C)cc4)cccc32)s1.[Cl-].[Cl-]. The number of rotatable bonds is 10. The molecular formula is C52H54Cl2S2Zr. The van der Waals surface area contributed by atoms with E-state index < -0.39 is 23.2 Å². The standard InChI is InChI=1S/2C26H27S.2ClH.Zr/c2*1-5-7-22-14-15-25(27-22)20-16-19-8-6-9-23(24(19)17-20)18-10-12-21(13-11-18)26(2,3)4;;;/h2*6,8-17H,5,7H2,1-4H3;2*1H;/q;;;;+2/p-2. The van der Waals surface area contributed by atoms with E-state index in [1.165, 1.54) is 76.9 Å². The van der Waals surface area contributed by atoms with E-state index in [1.54, 1.807) is 22.3 Å². The molecule has 2 heterocycles. The van der Waals surface area contributed by atoms with Gasteiger partial charge in [-0.3, -0.25) is 0 Å². The van der Waals surface area contributed by atoms with Crippen LogP contribution in [0.25, 0.3) is 45.6 Å². The molecule has 2 aliphatic carbocycles. The van der Waals surface area contributed by atoms with Gasteiger partial charge in [-0.15, -0.1) is 0 Å². The third-order valence-electron chi connectivity index (χ3n) is 11.5. The predicted octanol–water partition coefficient (Wildman–Crippen LogP) is 9.62. The Morgan fingerprint density at radius 1 is 0.491 bits per heavy atom. The summed E-state index contributed by atoms with van der Waals surface area (Å²) in [6.45, 7) is 18.4. The first-order chi connectivity index (χ1) is 26.4. The molecule has 0 nitrogen and oxygen atoms in total. The number of aryl methyl sites for hydroxylation is 2. The first-order valence-electron chi connectivity index (χ1n) is 20.3. The Kier molecular flexibility index (Phi) is 13.7.